The molecule has 3 aliphatic rings. The third-order valence-electron chi connectivity index (χ3n) is 8.88. The molecule has 2 heterocycles. The summed E-state index contributed by atoms with van der Waals surface area (Å²) >= 11 is 0. The molecule has 2 aromatic carbocycles. The number of carbonyl (C=O) groups excluding carboxylic acids is 2. The average Bonchev–Trinajstić information content (AvgIpc) is 2.97. The molecule has 0 unspecified atom stereocenters. The molecule has 6 nitrogen and oxygen atoms in total. The molecule has 6 rings (SSSR count). The lowest BCUT2D eigenvalue weighted by Gasteiger charge is -2.48. The summed E-state index contributed by atoms with van der Waals surface area (Å²) in [4.78, 5) is 32.1. The molecule has 0 saturated carbocycles. The highest BCUT2D eigenvalue weighted by Gasteiger charge is 2.53. The second-order valence-corrected chi connectivity index (χ2v) is 11.7. The number of carbonyl (C=O) groups is 2. The van der Waals surface area contributed by atoms with Crippen molar-refractivity contribution in [2.24, 2.45) is 23.7 Å². The van der Waals surface area contributed by atoms with E-state index in [0.29, 0.717) is 36.7 Å². The fourth-order valence-electron chi connectivity index (χ4n) is 7.08. The lowest BCUT2D eigenvalue weighted by molar-refractivity contribution is 0.0594. The summed E-state index contributed by atoms with van der Waals surface area (Å²) in [6.07, 6.45) is 5.41. The number of rotatable bonds is 6. The lowest BCUT2D eigenvalue weighted by atomic mass is 9.53. The summed E-state index contributed by atoms with van der Waals surface area (Å²) in [6.45, 7) is 4.26. The van der Waals surface area contributed by atoms with Gasteiger partial charge < -0.3 is 14.8 Å². The quantitative estimate of drug-likeness (QED) is 0.279. The van der Waals surface area contributed by atoms with Crippen LogP contribution >= 0.6 is 0 Å². The molecule has 1 saturated heterocycles. The Bertz CT molecular complexity index is 1550. The Balaban J connectivity index is 1.37. The van der Waals surface area contributed by atoms with Gasteiger partial charge in [0.1, 0.15) is 5.75 Å². The van der Waals surface area contributed by atoms with Crippen molar-refractivity contribution < 1.29 is 24.4 Å². The van der Waals surface area contributed by atoms with Crippen LogP contribution < -0.4 is 0 Å². The minimum atomic E-state index is -1.02. The van der Waals surface area contributed by atoms with Crippen molar-refractivity contribution in [3.8, 4) is 5.75 Å². The summed E-state index contributed by atoms with van der Waals surface area (Å²) in [5.74, 6) is -0.755. The molecular formula is C34H34BNO5. The summed E-state index contributed by atoms with van der Waals surface area (Å²) in [5.41, 5.74) is 5.95. The summed E-state index contributed by atoms with van der Waals surface area (Å²) in [7, 11) is -1.02. The highest BCUT2D eigenvalue weighted by Crippen LogP contribution is 2.52. The number of phenols is 1. The van der Waals surface area contributed by atoms with Gasteiger partial charge in [-0.3, -0.25) is 14.6 Å². The van der Waals surface area contributed by atoms with Crippen LogP contribution in [-0.4, -0.2) is 39.9 Å². The summed E-state index contributed by atoms with van der Waals surface area (Å²) in [6, 6.07) is 20.0. The number of fused-ring (bicyclic) bond motifs is 4. The molecule has 7 heteroatoms. The lowest BCUT2D eigenvalue weighted by Crippen LogP contribution is -2.51. The number of aromatic hydroxyl groups is 1. The standard InChI is InChI=1S/C34H34BNO5/c1-20(2)26-18-27-32(34(39)25-11-4-3-10-24(25)33(27)38)28-19-35(40)41-30(31(26)28)14-13-22(29-12-5-6-15-36-29)16-21-8-7-9-23(37)17-21/h3-12,15-17,20,27-28,30,32,37,40H,13-14,18-19H2,1-2H3/b22-16-/t27-,28+,30-,32-/m1/s1. The van der Waals surface area contributed by atoms with Crippen molar-refractivity contribution in [3.63, 3.8) is 0 Å². The number of hydrogen-bond acceptors (Lipinski definition) is 6. The van der Waals surface area contributed by atoms with Crippen molar-refractivity contribution >= 4 is 30.3 Å². The summed E-state index contributed by atoms with van der Waals surface area (Å²) in [5, 5.41) is 20.9. The molecule has 41 heavy (non-hydrogen) atoms. The fraction of sp³-hybridized carbons (Fsp3) is 0.324. The van der Waals surface area contributed by atoms with Crippen molar-refractivity contribution in [2.45, 2.75) is 45.5 Å². The minimum absolute atomic E-state index is 0.00121. The van der Waals surface area contributed by atoms with Crippen LogP contribution in [0.3, 0.4) is 0 Å². The Morgan fingerprint density at radius 1 is 1.02 bits per heavy atom. The molecule has 0 radical (unpaired) electrons. The third-order valence-corrected chi connectivity index (χ3v) is 8.88. The van der Waals surface area contributed by atoms with Gasteiger partial charge in [0.05, 0.1) is 11.8 Å². The predicted molar refractivity (Wildman–Crippen MR) is 159 cm³/mol. The molecule has 0 amide bonds. The normalized spacial score (nSPS) is 24.3. The van der Waals surface area contributed by atoms with Crippen molar-refractivity contribution in [2.75, 3.05) is 0 Å². The number of nitrogens with zero attached hydrogens (tertiary/aromatic N) is 1. The van der Waals surface area contributed by atoms with E-state index in [4.69, 9.17) is 4.65 Å². The van der Waals surface area contributed by atoms with E-state index < -0.39 is 25.1 Å². The van der Waals surface area contributed by atoms with E-state index in [9.17, 15) is 19.7 Å². The number of pyridine rings is 1. The third kappa shape index (κ3) is 5.20. The van der Waals surface area contributed by atoms with Crippen LogP contribution in [0.25, 0.3) is 11.6 Å². The van der Waals surface area contributed by atoms with E-state index in [0.717, 1.165) is 22.4 Å². The van der Waals surface area contributed by atoms with Gasteiger partial charge >= 0.3 is 7.12 Å². The number of benzene rings is 2. The van der Waals surface area contributed by atoms with Crippen LogP contribution in [0.2, 0.25) is 6.32 Å². The number of ketones is 2. The largest absolute Gasteiger partial charge is 0.508 e. The molecule has 1 aliphatic heterocycles. The van der Waals surface area contributed by atoms with E-state index in [1.165, 1.54) is 5.57 Å². The molecule has 0 spiro atoms. The first-order valence-electron chi connectivity index (χ1n) is 14.5. The van der Waals surface area contributed by atoms with Crippen molar-refractivity contribution in [1.29, 1.82) is 0 Å². The Kier molecular flexibility index (Phi) is 7.49. The topological polar surface area (TPSA) is 96.7 Å². The van der Waals surface area contributed by atoms with E-state index in [1.807, 2.05) is 42.5 Å². The maximum Gasteiger partial charge on any atom is 0.455 e. The Labute approximate surface area is 240 Å². The Hall–Kier alpha value is -3.81. The van der Waals surface area contributed by atoms with E-state index in [2.05, 4.69) is 18.8 Å². The monoisotopic (exact) mass is 547 g/mol. The molecule has 1 aromatic heterocycles. The maximum absolute atomic E-state index is 13.9. The number of phenolic OH excluding ortho intramolecular Hbond substituents is 1. The Morgan fingerprint density at radius 2 is 1.78 bits per heavy atom. The number of allylic oxidation sites excluding steroid dienone is 2. The maximum atomic E-state index is 13.9. The SMILES string of the molecule is CC(C)C1=C2[C@@H](CC/C(=C/c3cccc(O)c3)c3ccccn3)OB(O)C[C@@H]2[C@@H]2C(=O)c3ccccc3C(=O)[C@@H]2C1. The zero-order valence-corrected chi connectivity index (χ0v) is 23.4. The van der Waals surface area contributed by atoms with Crippen LogP contribution in [0.15, 0.2) is 84.1 Å². The number of Topliss-reactive ketones (excluding diaryl/α,β-unsaturated/α-hetero) is 2. The van der Waals surface area contributed by atoms with Gasteiger partial charge in [0, 0.05) is 29.2 Å². The fourth-order valence-corrected chi connectivity index (χ4v) is 7.08. The molecule has 4 atom stereocenters. The van der Waals surface area contributed by atoms with Crippen LogP contribution in [0, 0.1) is 23.7 Å². The zero-order valence-electron chi connectivity index (χ0n) is 23.4. The van der Waals surface area contributed by atoms with Gasteiger partial charge in [0.2, 0.25) is 0 Å². The van der Waals surface area contributed by atoms with Gasteiger partial charge in [-0.1, -0.05) is 61.9 Å². The highest BCUT2D eigenvalue weighted by atomic mass is 16.5. The van der Waals surface area contributed by atoms with Gasteiger partial charge in [-0.05, 0) is 84.5 Å². The van der Waals surface area contributed by atoms with Gasteiger partial charge in [0.25, 0.3) is 0 Å². The molecule has 3 aromatic rings. The molecule has 1 fully saturated rings. The van der Waals surface area contributed by atoms with Gasteiger partial charge in [-0.25, -0.2) is 0 Å². The molecular weight excluding hydrogens is 513 g/mol. The first-order chi connectivity index (χ1) is 19.8. The van der Waals surface area contributed by atoms with Gasteiger partial charge in [-0.2, -0.15) is 0 Å². The first kappa shape index (κ1) is 27.4. The number of hydrogen-bond donors (Lipinski definition) is 2. The van der Waals surface area contributed by atoms with Gasteiger partial charge in [0.15, 0.2) is 11.6 Å². The molecule has 2 aliphatic carbocycles. The molecule has 208 valence electrons. The van der Waals surface area contributed by atoms with Crippen LogP contribution in [0.5, 0.6) is 5.75 Å². The van der Waals surface area contributed by atoms with Crippen LogP contribution in [0.1, 0.15) is 65.1 Å². The zero-order chi connectivity index (χ0) is 28.7. The minimum Gasteiger partial charge on any atom is -0.508 e. The van der Waals surface area contributed by atoms with Crippen molar-refractivity contribution in [3.05, 3.63) is 106 Å². The number of aromatic nitrogens is 1. The second kappa shape index (κ2) is 11.2. The van der Waals surface area contributed by atoms with E-state index in [1.54, 1.807) is 36.5 Å². The first-order valence-corrected chi connectivity index (χ1v) is 14.5. The smallest absolute Gasteiger partial charge is 0.455 e. The van der Waals surface area contributed by atoms with Gasteiger partial charge in [-0.15, -0.1) is 0 Å². The second-order valence-electron chi connectivity index (χ2n) is 11.7. The van der Waals surface area contributed by atoms with E-state index in [-0.39, 0.29) is 29.2 Å². The van der Waals surface area contributed by atoms with E-state index >= 15 is 0 Å². The predicted octanol–water partition coefficient (Wildman–Crippen LogP) is 6.27. The van der Waals surface area contributed by atoms with Crippen molar-refractivity contribution in [1.82, 2.24) is 4.98 Å². The Morgan fingerprint density at radius 3 is 2.49 bits per heavy atom. The van der Waals surface area contributed by atoms with Crippen LogP contribution in [-0.2, 0) is 4.65 Å². The summed E-state index contributed by atoms with van der Waals surface area (Å²) < 4.78 is 6.22. The average molecular weight is 547 g/mol. The molecule has 0 bridgehead atoms. The molecule has 2 N–H and O–H groups in total. The highest BCUT2D eigenvalue weighted by molar-refractivity contribution is 6.43. The van der Waals surface area contributed by atoms with Crippen LogP contribution in [0.4, 0.5) is 0 Å².